The van der Waals surface area contributed by atoms with Gasteiger partial charge in [-0.2, -0.15) is 0 Å². The number of hydrogen-bond donors (Lipinski definition) is 1. The zero-order chi connectivity index (χ0) is 4.41. The molecule has 0 bridgehead atoms. The Balaban J connectivity index is 2.21. The molecule has 0 saturated carbocycles. The van der Waals surface area contributed by atoms with Gasteiger partial charge in [-0.05, 0) is 0 Å². The second kappa shape index (κ2) is 1.39. The number of rotatable bonds is 1. The summed E-state index contributed by atoms with van der Waals surface area (Å²) in [6.07, 6.45) is 2.79. The zero-order valence-corrected chi connectivity index (χ0v) is 3.46. The largest absolute Gasteiger partial charge is 0.394 e. The van der Waals surface area contributed by atoms with Gasteiger partial charge in [0.15, 0.2) is 0 Å². The van der Waals surface area contributed by atoms with Gasteiger partial charge in [0, 0.05) is 12.6 Å². The summed E-state index contributed by atoms with van der Waals surface area (Å²) in [4.78, 5) is 3.81. The van der Waals surface area contributed by atoms with Crippen LogP contribution in [0, 0.1) is 0 Å². The van der Waals surface area contributed by atoms with Gasteiger partial charge in [-0.3, -0.25) is 4.99 Å². The summed E-state index contributed by atoms with van der Waals surface area (Å²) in [7, 11) is 0. The molecular formula is C4H7NO. The van der Waals surface area contributed by atoms with Crippen LogP contribution in [0.5, 0.6) is 0 Å². The Hall–Kier alpha value is -0.370. The van der Waals surface area contributed by atoms with E-state index in [0.29, 0.717) is 0 Å². The van der Waals surface area contributed by atoms with Gasteiger partial charge < -0.3 is 5.11 Å². The fourth-order valence-corrected chi connectivity index (χ4v) is 0.376. The predicted octanol–water partition coefficient (Wildman–Crippen LogP) is -0.178. The first kappa shape index (κ1) is 3.81. The number of aliphatic imine (C=N–C) groups is 1. The zero-order valence-electron chi connectivity index (χ0n) is 3.46. The van der Waals surface area contributed by atoms with E-state index in [1.165, 1.54) is 0 Å². The molecule has 34 valence electrons. The lowest BCUT2D eigenvalue weighted by atomic mass is 10.2. The van der Waals surface area contributed by atoms with Gasteiger partial charge >= 0.3 is 0 Å². The van der Waals surface area contributed by atoms with Crippen molar-refractivity contribution in [2.45, 2.75) is 12.5 Å². The molecular weight excluding hydrogens is 78.0 g/mol. The molecule has 1 aliphatic heterocycles. The molecule has 1 N–H and O–H groups in total. The average Bonchev–Trinajstić information content (AvgIpc) is 1.31. The summed E-state index contributed by atoms with van der Waals surface area (Å²) >= 11 is 0. The van der Waals surface area contributed by atoms with E-state index in [0.717, 1.165) is 6.42 Å². The van der Waals surface area contributed by atoms with E-state index in [1.807, 2.05) is 6.21 Å². The lowest BCUT2D eigenvalue weighted by Crippen LogP contribution is -2.18. The fourth-order valence-electron chi connectivity index (χ4n) is 0.376. The van der Waals surface area contributed by atoms with E-state index in [2.05, 4.69) is 4.99 Å². The molecule has 0 amide bonds. The van der Waals surface area contributed by atoms with Gasteiger partial charge in [0.05, 0.1) is 12.6 Å². The van der Waals surface area contributed by atoms with Crippen LogP contribution in [-0.4, -0.2) is 24.0 Å². The molecule has 0 saturated heterocycles. The number of aliphatic hydroxyl groups is 1. The third-order valence-electron chi connectivity index (χ3n) is 0.904. The van der Waals surface area contributed by atoms with Gasteiger partial charge in [-0.1, -0.05) is 0 Å². The molecule has 0 aromatic rings. The Morgan fingerprint density at radius 2 is 2.67 bits per heavy atom. The molecule has 0 spiro atoms. The first-order valence-electron chi connectivity index (χ1n) is 2.06. The minimum Gasteiger partial charge on any atom is -0.394 e. The van der Waals surface area contributed by atoms with E-state index in [1.54, 1.807) is 0 Å². The Kier molecular flexibility index (Phi) is 0.881. The molecule has 0 radical (unpaired) electrons. The van der Waals surface area contributed by atoms with E-state index < -0.39 is 0 Å². The van der Waals surface area contributed by atoms with E-state index in [9.17, 15) is 0 Å². The minimum absolute atomic E-state index is 0.219. The highest BCUT2D eigenvalue weighted by Crippen LogP contribution is 2.01. The van der Waals surface area contributed by atoms with Crippen molar-refractivity contribution in [3.63, 3.8) is 0 Å². The predicted molar refractivity (Wildman–Crippen MR) is 24.0 cm³/mol. The summed E-state index contributed by atoms with van der Waals surface area (Å²) in [5.41, 5.74) is 0. The highest BCUT2D eigenvalue weighted by molar-refractivity contribution is 5.64. The van der Waals surface area contributed by atoms with Gasteiger partial charge in [-0.15, -0.1) is 0 Å². The maximum Gasteiger partial charge on any atom is 0.0775 e. The van der Waals surface area contributed by atoms with Crippen LogP contribution in [0.15, 0.2) is 4.99 Å². The summed E-state index contributed by atoms with van der Waals surface area (Å²) in [5, 5.41) is 8.27. The molecule has 2 nitrogen and oxygen atoms in total. The molecule has 0 aliphatic carbocycles. The first-order chi connectivity index (χ1) is 2.93. The van der Waals surface area contributed by atoms with Crippen LogP contribution >= 0.6 is 0 Å². The summed E-state index contributed by atoms with van der Waals surface area (Å²) in [6.45, 7) is 0.219. The van der Waals surface area contributed by atoms with Crippen LogP contribution in [0.4, 0.5) is 0 Å². The van der Waals surface area contributed by atoms with Crippen LogP contribution in [-0.2, 0) is 0 Å². The Labute approximate surface area is 36.5 Å². The van der Waals surface area contributed by atoms with Gasteiger partial charge in [0.25, 0.3) is 0 Å². The standard InChI is InChI=1S/C4H7NO/c6-3-4-1-2-5-4/h2,4,6H,1,3H2. The van der Waals surface area contributed by atoms with Crippen molar-refractivity contribution in [1.29, 1.82) is 0 Å². The summed E-state index contributed by atoms with van der Waals surface area (Å²) in [5.74, 6) is 0. The average molecular weight is 85.1 g/mol. The van der Waals surface area contributed by atoms with Crippen molar-refractivity contribution in [2.24, 2.45) is 4.99 Å². The number of hydrogen-bond acceptors (Lipinski definition) is 2. The van der Waals surface area contributed by atoms with Crippen LogP contribution in [0.2, 0.25) is 0 Å². The third-order valence-corrected chi connectivity index (χ3v) is 0.904. The molecule has 0 aromatic heterocycles. The number of aliphatic hydroxyl groups excluding tert-OH is 1. The van der Waals surface area contributed by atoms with Crippen molar-refractivity contribution < 1.29 is 5.11 Å². The van der Waals surface area contributed by atoms with Crippen molar-refractivity contribution in [3.8, 4) is 0 Å². The van der Waals surface area contributed by atoms with Crippen molar-refractivity contribution >= 4 is 6.21 Å². The molecule has 0 aromatic carbocycles. The van der Waals surface area contributed by atoms with Gasteiger partial charge in [-0.25, -0.2) is 0 Å². The van der Waals surface area contributed by atoms with Crippen LogP contribution in [0.3, 0.4) is 0 Å². The molecule has 2 heteroatoms. The highest BCUT2D eigenvalue weighted by atomic mass is 16.3. The maximum atomic E-state index is 8.27. The number of nitrogens with zero attached hydrogens (tertiary/aromatic N) is 1. The smallest absolute Gasteiger partial charge is 0.0775 e. The summed E-state index contributed by atoms with van der Waals surface area (Å²) < 4.78 is 0. The quantitative estimate of drug-likeness (QED) is 0.470. The summed E-state index contributed by atoms with van der Waals surface area (Å²) in [6, 6.07) is 0.241. The van der Waals surface area contributed by atoms with Crippen LogP contribution in [0.25, 0.3) is 0 Å². The second-order valence-electron chi connectivity index (χ2n) is 1.40. The minimum atomic E-state index is 0.219. The van der Waals surface area contributed by atoms with E-state index in [-0.39, 0.29) is 12.6 Å². The molecule has 1 aliphatic rings. The molecule has 1 rings (SSSR count). The van der Waals surface area contributed by atoms with Crippen LogP contribution < -0.4 is 0 Å². The Morgan fingerprint density at radius 1 is 2.00 bits per heavy atom. The highest BCUT2D eigenvalue weighted by Gasteiger charge is 2.07. The third kappa shape index (κ3) is 0.431. The van der Waals surface area contributed by atoms with Crippen molar-refractivity contribution in [1.82, 2.24) is 0 Å². The normalized spacial score (nSPS) is 29.8. The van der Waals surface area contributed by atoms with Crippen molar-refractivity contribution in [3.05, 3.63) is 0 Å². The van der Waals surface area contributed by atoms with E-state index >= 15 is 0 Å². The van der Waals surface area contributed by atoms with Gasteiger partial charge in [0.1, 0.15) is 0 Å². The molecule has 0 fully saturated rings. The fraction of sp³-hybridized carbons (Fsp3) is 0.750. The Bertz CT molecular complexity index is 69.9. The first-order valence-corrected chi connectivity index (χ1v) is 2.06. The molecule has 1 heterocycles. The molecule has 1 unspecified atom stereocenters. The second-order valence-corrected chi connectivity index (χ2v) is 1.40. The molecule has 6 heavy (non-hydrogen) atoms. The lowest BCUT2D eigenvalue weighted by Gasteiger charge is -2.11. The maximum absolute atomic E-state index is 8.27. The Morgan fingerprint density at radius 3 is 2.67 bits per heavy atom. The van der Waals surface area contributed by atoms with Gasteiger partial charge in [0.2, 0.25) is 0 Å². The van der Waals surface area contributed by atoms with Crippen molar-refractivity contribution in [2.75, 3.05) is 6.61 Å². The SMILES string of the molecule is OCC1CC=N1. The van der Waals surface area contributed by atoms with E-state index in [4.69, 9.17) is 5.11 Å². The topological polar surface area (TPSA) is 32.6 Å². The monoisotopic (exact) mass is 85.1 g/mol. The molecule has 1 atom stereocenters. The van der Waals surface area contributed by atoms with Crippen LogP contribution in [0.1, 0.15) is 6.42 Å². The lowest BCUT2D eigenvalue weighted by molar-refractivity contribution is 0.263.